The van der Waals surface area contributed by atoms with E-state index < -0.39 is 0 Å². The van der Waals surface area contributed by atoms with Gasteiger partial charge in [0.15, 0.2) is 5.78 Å². The van der Waals surface area contributed by atoms with Crippen LogP contribution in [0.15, 0.2) is 42.7 Å². The molecule has 142 valence electrons. The second-order valence-corrected chi connectivity index (χ2v) is 6.34. The van der Waals surface area contributed by atoms with Crippen molar-refractivity contribution in [2.24, 2.45) is 0 Å². The summed E-state index contributed by atoms with van der Waals surface area (Å²) in [7, 11) is 0. The van der Waals surface area contributed by atoms with Crippen molar-refractivity contribution in [1.82, 2.24) is 9.88 Å². The molecule has 2 amide bonds. The van der Waals surface area contributed by atoms with Crippen molar-refractivity contribution in [2.75, 3.05) is 18.4 Å². The Bertz CT molecular complexity index is 810. The first-order chi connectivity index (χ1) is 13.0. The van der Waals surface area contributed by atoms with Gasteiger partial charge >= 0.3 is 0 Å². The van der Waals surface area contributed by atoms with Gasteiger partial charge < -0.3 is 10.2 Å². The Morgan fingerprint density at radius 3 is 2.07 bits per heavy atom. The van der Waals surface area contributed by atoms with Crippen molar-refractivity contribution in [3.05, 3.63) is 59.4 Å². The highest BCUT2D eigenvalue weighted by Gasteiger charge is 2.17. The third kappa shape index (κ3) is 5.48. The SMILES string of the molecule is CCCN(CCC)C(=O)c1cncc(C(=O)Nc2ccc(C(C)=O)cc2)c1. The monoisotopic (exact) mass is 367 g/mol. The lowest BCUT2D eigenvalue weighted by molar-refractivity contribution is 0.0755. The van der Waals surface area contributed by atoms with Gasteiger partial charge in [-0.3, -0.25) is 19.4 Å². The molecule has 1 heterocycles. The summed E-state index contributed by atoms with van der Waals surface area (Å²) in [6.07, 6.45) is 4.66. The predicted molar refractivity (Wildman–Crippen MR) is 105 cm³/mol. The first-order valence-electron chi connectivity index (χ1n) is 9.13. The fourth-order valence-electron chi connectivity index (χ4n) is 2.71. The number of rotatable bonds is 8. The molecule has 0 spiro atoms. The van der Waals surface area contributed by atoms with Gasteiger partial charge in [-0.2, -0.15) is 0 Å². The number of ketones is 1. The minimum absolute atomic E-state index is 0.0352. The first kappa shape index (κ1) is 20.3. The van der Waals surface area contributed by atoms with Crippen LogP contribution in [0, 0.1) is 0 Å². The Labute approximate surface area is 159 Å². The molecule has 27 heavy (non-hydrogen) atoms. The highest BCUT2D eigenvalue weighted by Crippen LogP contribution is 2.13. The number of benzene rings is 1. The van der Waals surface area contributed by atoms with E-state index in [1.807, 2.05) is 13.8 Å². The number of pyridine rings is 1. The van der Waals surface area contributed by atoms with Gasteiger partial charge in [-0.1, -0.05) is 13.8 Å². The Morgan fingerprint density at radius 1 is 0.926 bits per heavy atom. The second kappa shape index (κ2) is 9.62. The van der Waals surface area contributed by atoms with Gasteiger partial charge in [0.05, 0.1) is 11.1 Å². The molecule has 0 saturated carbocycles. The molecule has 0 radical (unpaired) electrons. The first-order valence-corrected chi connectivity index (χ1v) is 9.13. The van der Waals surface area contributed by atoms with Crippen LogP contribution in [0.4, 0.5) is 5.69 Å². The fourth-order valence-corrected chi connectivity index (χ4v) is 2.71. The number of nitrogens with zero attached hydrogens (tertiary/aromatic N) is 2. The van der Waals surface area contributed by atoms with Gasteiger partial charge in [-0.05, 0) is 50.1 Å². The number of carbonyl (C=O) groups is 3. The summed E-state index contributed by atoms with van der Waals surface area (Å²) < 4.78 is 0. The average molecular weight is 367 g/mol. The molecule has 0 aliphatic heterocycles. The molecule has 6 nitrogen and oxygen atoms in total. The normalized spacial score (nSPS) is 10.3. The minimum atomic E-state index is -0.356. The molecule has 2 rings (SSSR count). The second-order valence-electron chi connectivity index (χ2n) is 6.34. The molecule has 0 bridgehead atoms. The van der Waals surface area contributed by atoms with Crippen molar-refractivity contribution in [2.45, 2.75) is 33.6 Å². The van der Waals surface area contributed by atoms with Crippen molar-refractivity contribution in [3.8, 4) is 0 Å². The van der Waals surface area contributed by atoms with Crippen molar-refractivity contribution >= 4 is 23.3 Å². The van der Waals surface area contributed by atoms with Crippen LogP contribution in [0.5, 0.6) is 0 Å². The van der Waals surface area contributed by atoms with Crippen molar-refractivity contribution < 1.29 is 14.4 Å². The predicted octanol–water partition coefficient (Wildman–Crippen LogP) is 3.80. The lowest BCUT2D eigenvalue weighted by Crippen LogP contribution is -2.32. The summed E-state index contributed by atoms with van der Waals surface area (Å²) >= 11 is 0. The fraction of sp³-hybridized carbons (Fsp3) is 0.333. The minimum Gasteiger partial charge on any atom is -0.339 e. The van der Waals surface area contributed by atoms with Crippen LogP contribution in [-0.4, -0.2) is 40.6 Å². The third-order valence-corrected chi connectivity index (χ3v) is 4.07. The molecule has 0 atom stereocenters. The van der Waals surface area contributed by atoms with Crippen LogP contribution in [-0.2, 0) is 0 Å². The molecule has 0 aliphatic rings. The molecule has 0 saturated heterocycles. The van der Waals surface area contributed by atoms with Gasteiger partial charge in [0.1, 0.15) is 0 Å². The maximum absolute atomic E-state index is 12.7. The lowest BCUT2D eigenvalue weighted by Gasteiger charge is -2.21. The van der Waals surface area contributed by atoms with E-state index in [4.69, 9.17) is 0 Å². The summed E-state index contributed by atoms with van der Waals surface area (Å²) in [5.74, 6) is -0.510. The van der Waals surface area contributed by atoms with Crippen LogP contribution >= 0.6 is 0 Å². The average Bonchev–Trinajstić information content (AvgIpc) is 2.67. The van der Waals surface area contributed by atoms with E-state index in [0.717, 1.165) is 12.8 Å². The Morgan fingerprint density at radius 2 is 1.52 bits per heavy atom. The molecular formula is C21H25N3O3. The zero-order valence-corrected chi connectivity index (χ0v) is 16.0. The number of carbonyl (C=O) groups excluding carboxylic acids is 3. The number of amides is 2. The van der Waals surface area contributed by atoms with E-state index in [0.29, 0.717) is 35.5 Å². The van der Waals surface area contributed by atoms with E-state index in [1.54, 1.807) is 35.2 Å². The molecule has 1 aromatic heterocycles. The largest absolute Gasteiger partial charge is 0.339 e. The van der Waals surface area contributed by atoms with Gasteiger partial charge in [0.2, 0.25) is 0 Å². The molecule has 0 fully saturated rings. The molecular weight excluding hydrogens is 342 g/mol. The highest BCUT2D eigenvalue weighted by molar-refractivity contribution is 6.06. The van der Waals surface area contributed by atoms with Gasteiger partial charge in [0.25, 0.3) is 11.8 Å². The molecule has 2 aromatic rings. The molecule has 0 unspecified atom stereocenters. The van der Waals surface area contributed by atoms with Crippen LogP contribution in [0.2, 0.25) is 0 Å². The summed E-state index contributed by atoms with van der Waals surface area (Å²) in [5.41, 5.74) is 1.86. The van der Waals surface area contributed by atoms with E-state index in [2.05, 4.69) is 10.3 Å². The number of Topliss-reactive ketones (excluding diaryl/α,β-unsaturated/α-hetero) is 1. The summed E-state index contributed by atoms with van der Waals surface area (Å²) in [6, 6.07) is 8.21. The van der Waals surface area contributed by atoms with E-state index >= 15 is 0 Å². The third-order valence-electron chi connectivity index (χ3n) is 4.07. The van der Waals surface area contributed by atoms with Crippen molar-refractivity contribution in [1.29, 1.82) is 0 Å². The van der Waals surface area contributed by atoms with Crippen LogP contribution in [0.1, 0.15) is 64.7 Å². The van der Waals surface area contributed by atoms with E-state index in [9.17, 15) is 14.4 Å². The zero-order valence-electron chi connectivity index (χ0n) is 16.0. The molecule has 0 aliphatic carbocycles. The Kier molecular flexibility index (Phi) is 7.23. The summed E-state index contributed by atoms with van der Waals surface area (Å²) in [4.78, 5) is 42.3. The topological polar surface area (TPSA) is 79.4 Å². The highest BCUT2D eigenvalue weighted by atomic mass is 16.2. The maximum Gasteiger partial charge on any atom is 0.257 e. The molecule has 6 heteroatoms. The zero-order chi connectivity index (χ0) is 19.8. The Hall–Kier alpha value is -3.02. The Balaban J connectivity index is 2.14. The smallest absolute Gasteiger partial charge is 0.257 e. The molecule has 1 aromatic carbocycles. The standard InChI is InChI=1S/C21H25N3O3/c1-4-10-24(11-5-2)21(27)18-12-17(13-22-14-18)20(26)23-19-8-6-16(7-9-19)15(3)25/h6-9,12-14H,4-5,10-11H2,1-3H3,(H,23,26). The number of aromatic nitrogens is 1. The number of hydrogen-bond acceptors (Lipinski definition) is 4. The number of hydrogen-bond donors (Lipinski definition) is 1. The lowest BCUT2D eigenvalue weighted by atomic mass is 10.1. The van der Waals surface area contributed by atoms with Crippen LogP contribution in [0.3, 0.4) is 0 Å². The van der Waals surface area contributed by atoms with Gasteiger partial charge in [0, 0.05) is 36.7 Å². The quantitative estimate of drug-likeness (QED) is 0.720. The van der Waals surface area contributed by atoms with Crippen LogP contribution < -0.4 is 5.32 Å². The number of nitrogens with one attached hydrogen (secondary N) is 1. The van der Waals surface area contributed by atoms with E-state index in [-0.39, 0.29) is 17.6 Å². The summed E-state index contributed by atoms with van der Waals surface area (Å²) in [5, 5.41) is 2.75. The van der Waals surface area contributed by atoms with Gasteiger partial charge in [-0.15, -0.1) is 0 Å². The maximum atomic E-state index is 12.7. The van der Waals surface area contributed by atoms with Gasteiger partial charge in [-0.25, -0.2) is 0 Å². The van der Waals surface area contributed by atoms with E-state index in [1.165, 1.54) is 19.3 Å². The van der Waals surface area contributed by atoms with Crippen molar-refractivity contribution in [3.63, 3.8) is 0 Å². The summed E-state index contributed by atoms with van der Waals surface area (Å²) in [6.45, 7) is 6.88. The molecule has 1 N–H and O–H groups in total. The van der Waals surface area contributed by atoms with Crippen LogP contribution in [0.25, 0.3) is 0 Å². The number of anilines is 1.